The van der Waals surface area contributed by atoms with Crippen LogP contribution in [0.4, 0.5) is 0 Å². The van der Waals surface area contributed by atoms with Gasteiger partial charge in [-0.2, -0.15) is 5.10 Å². The van der Waals surface area contributed by atoms with E-state index in [4.69, 9.17) is 4.84 Å². The van der Waals surface area contributed by atoms with E-state index in [0.29, 0.717) is 5.92 Å². The van der Waals surface area contributed by atoms with E-state index in [9.17, 15) is 0 Å². The number of benzene rings is 1. The summed E-state index contributed by atoms with van der Waals surface area (Å²) in [5.74, 6) is 0.440. The maximum Gasteiger partial charge on any atom is 0.117 e. The lowest BCUT2D eigenvalue weighted by Gasteiger charge is -2.34. The smallest absolute Gasteiger partial charge is 0.117 e. The number of nitrogens with one attached hydrogen (secondary N) is 1. The second-order valence-electron chi connectivity index (χ2n) is 7.84. The van der Waals surface area contributed by atoms with Crippen LogP contribution in [0.25, 0.3) is 6.08 Å². The molecule has 3 aromatic rings. The normalized spacial score (nSPS) is 21.5. The third-order valence-corrected chi connectivity index (χ3v) is 6.26. The van der Waals surface area contributed by atoms with Crippen molar-refractivity contribution in [3.63, 3.8) is 0 Å². The first-order valence-electron chi connectivity index (χ1n) is 10.2. The molecule has 0 spiro atoms. The molecule has 1 fully saturated rings. The Bertz CT molecular complexity index is 1010. The molecule has 2 heterocycles. The third-order valence-electron chi connectivity index (χ3n) is 6.26. The summed E-state index contributed by atoms with van der Waals surface area (Å²) in [6, 6.07) is 14.8. The van der Waals surface area contributed by atoms with Gasteiger partial charge in [0.25, 0.3) is 0 Å². The molecule has 5 rings (SSSR count). The molecule has 5 nitrogen and oxygen atoms in total. The van der Waals surface area contributed by atoms with E-state index in [2.05, 4.69) is 68.9 Å². The van der Waals surface area contributed by atoms with Gasteiger partial charge in [0.2, 0.25) is 0 Å². The molecule has 2 aromatic heterocycles. The molecule has 1 saturated carbocycles. The zero-order valence-electron chi connectivity index (χ0n) is 16.5. The summed E-state index contributed by atoms with van der Waals surface area (Å²) in [7, 11) is 1.61. The monoisotopic (exact) mass is 384 g/mol. The third kappa shape index (κ3) is 2.97. The predicted octanol–water partition coefficient (Wildman–Crippen LogP) is 4.51. The lowest BCUT2D eigenvalue weighted by atomic mass is 9.68. The Morgan fingerprint density at radius 1 is 1.14 bits per heavy atom. The fraction of sp³-hybridized carbons (Fsp3) is 0.292. The molecule has 2 aliphatic rings. The second-order valence-corrected chi connectivity index (χ2v) is 7.84. The number of allylic oxidation sites excluding steroid dienone is 1. The first kappa shape index (κ1) is 17.9. The summed E-state index contributed by atoms with van der Waals surface area (Å²) in [5.41, 5.74) is 6.29. The molecular weight excluding hydrogens is 360 g/mol. The van der Waals surface area contributed by atoms with Crippen molar-refractivity contribution in [3.05, 3.63) is 89.0 Å². The average molecular weight is 384 g/mol. The van der Waals surface area contributed by atoms with Crippen LogP contribution in [0, 0.1) is 5.92 Å². The molecule has 0 bridgehead atoms. The van der Waals surface area contributed by atoms with Crippen molar-refractivity contribution < 1.29 is 4.84 Å². The number of aromatic nitrogens is 3. The molecule has 0 amide bonds. The maximum atomic E-state index is 5.16. The number of oxime groups is 1. The van der Waals surface area contributed by atoms with E-state index in [0.717, 1.165) is 41.9 Å². The molecule has 29 heavy (non-hydrogen) atoms. The summed E-state index contributed by atoms with van der Waals surface area (Å²) >= 11 is 0. The number of nitrogens with zero attached hydrogens (tertiary/aromatic N) is 3. The van der Waals surface area contributed by atoms with Crippen LogP contribution in [0.15, 0.2) is 66.1 Å². The van der Waals surface area contributed by atoms with Gasteiger partial charge in [-0.3, -0.25) is 10.1 Å². The van der Waals surface area contributed by atoms with Gasteiger partial charge in [0.1, 0.15) is 18.5 Å². The molecule has 146 valence electrons. The van der Waals surface area contributed by atoms with Gasteiger partial charge in [0.05, 0.1) is 0 Å². The summed E-state index contributed by atoms with van der Waals surface area (Å²) in [5, 5.41) is 12.3. The van der Waals surface area contributed by atoms with Gasteiger partial charge in [-0.1, -0.05) is 60.1 Å². The SMILES string of the molecule is CO/N=C(/c1n[nH]c2c1C=CC(c1ccccc1)(c1cccnc1)C2)C1CCC1. The number of fused-ring (bicyclic) bond motifs is 1. The Balaban J connectivity index is 1.60. The van der Waals surface area contributed by atoms with Crippen molar-refractivity contribution in [2.75, 3.05) is 7.11 Å². The van der Waals surface area contributed by atoms with E-state index in [1.165, 1.54) is 17.5 Å². The Hall–Kier alpha value is -3.21. The zero-order valence-corrected chi connectivity index (χ0v) is 16.5. The van der Waals surface area contributed by atoms with Gasteiger partial charge in [-0.15, -0.1) is 0 Å². The molecule has 1 aromatic carbocycles. The van der Waals surface area contributed by atoms with Crippen molar-refractivity contribution in [3.8, 4) is 0 Å². The minimum absolute atomic E-state index is 0.276. The topological polar surface area (TPSA) is 63.2 Å². The molecule has 1 N–H and O–H groups in total. The molecule has 1 atom stereocenters. The Morgan fingerprint density at radius 2 is 1.97 bits per heavy atom. The molecule has 0 saturated heterocycles. The summed E-state index contributed by atoms with van der Waals surface area (Å²) in [6.45, 7) is 0. The van der Waals surface area contributed by atoms with E-state index in [1.54, 1.807) is 7.11 Å². The van der Waals surface area contributed by atoms with E-state index in [-0.39, 0.29) is 5.41 Å². The maximum absolute atomic E-state index is 5.16. The van der Waals surface area contributed by atoms with E-state index in [1.807, 2.05) is 18.5 Å². The Labute approximate surface area is 170 Å². The standard InChI is InChI=1S/C24H24N4O/c1-29-28-22(17-7-5-8-17)23-20-12-13-24(15-21(20)26-27-23,18-9-3-2-4-10-18)19-11-6-14-25-16-19/h2-4,6,9-14,16-17H,5,7-8,15H2,1H3,(H,26,27)/b28-22+. The summed E-state index contributed by atoms with van der Waals surface area (Å²) in [6.07, 6.45) is 12.6. The van der Waals surface area contributed by atoms with Gasteiger partial charge < -0.3 is 4.84 Å². The highest BCUT2D eigenvalue weighted by Crippen LogP contribution is 2.42. The number of hydrogen-bond acceptors (Lipinski definition) is 4. The molecule has 5 heteroatoms. The number of H-pyrrole nitrogens is 1. The summed E-state index contributed by atoms with van der Waals surface area (Å²) in [4.78, 5) is 9.55. The molecular formula is C24H24N4O. The van der Waals surface area contributed by atoms with Gasteiger partial charge in [0, 0.05) is 41.4 Å². The van der Waals surface area contributed by atoms with Crippen molar-refractivity contribution in [1.29, 1.82) is 0 Å². The van der Waals surface area contributed by atoms with Gasteiger partial charge in [-0.05, 0) is 30.0 Å². The van der Waals surface area contributed by atoms with Crippen LogP contribution in [-0.2, 0) is 16.7 Å². The van der Waals surface area contributed by atoms with Gasteiger partial charge in [-0.25, -0.2) is 0 Å². The molecule has 2 aliphatic carbocycles. The highest BCUT2D eigenvalue weighted by Gasteiger charge is 2.38. The van der Waals surface area contributed by atoms with Crippen LogP contribution >= 0.6 is 0 Å². The van der Waals surface area contributed by atoms with Gasteiger partial charge >= 0.3 is 0 Å². The van der Waals surface area contributed by atoms with Crippen LogP contribution in [0.2, 0.25) is 0 Å². The first-order chi connectivity index (χ1) is 14.3. The zero-order chi connectivity index (χ0) is 19.7. The average Bonchev–Trinajstić information content (AvgIpc) is 3.16. The fourth-order valence-electron chi connectivity index (χ4n) is 4.48. The minimum Gasteiger partial charge on any atom is -0.399 e. The lowest BCUT2D eigenvalue weighted by Crippen LogP contribution is -2.31. The van der Waals surface area contributed by atoms with Crippen LogP contribution in [0.3, 0.4) is 0 Å². The van der Waals surface area contributed by atoms with Crippen molar-refractivity contribution in [2.24, 2.45) is 11.1 Å². The largest absolute Gasteiger partial charge is 0.399 e. The van der Waals surface area contributed by atoms with Crippen LogP contribution < -0.4 is 0 Å². The minimum atomic E-state index is -0.276. The van der Waals surface area contributed by atoms with Crippen LogP contribution in [-0.4, -0.2) is 28.0 Å². The Kier molecular flexibility index (Phi) is 4.51. The highest BCUT2D eigenvalue weighted by atomic mass is 16.6. The number of pyridine rings is 1. The Morgan fingerprint density at radius 3 is 2.66 bits per heavy atom. The summed E-state index contributed by atoms with van der Waals surface area (Å²) < 4.78 is 0. The van der Waals surface area contributed by atoms with Crippen molar-refractivity contribution in [1.82, 2.24) is 15.2 Å². The number of rotatable bonds is 5. The molecule has 0 aliphatic heterocycles. The van der Waals surface area contributed by atoms with Crippen LogP contribution in [0.1, 0.15) is 47.3 Å². The lowest BCUT2D eigenvalue weighted by molar-refractivity contribution is 0.208. The second kappa shape index (κ2) is 7.32. The quantitative estimate of drug-likeness (QED) is 0.520. The highest BCUT2D eigenvalue weighted by molar-refractivity contribution is 6.04. The molecule has 0 radical (unpaired) electrons. The fourth-order valence-corrected chi connectivity index (χ4v) is 4.48. The van der Waals surface area contributed by atoms with Crippen LogP contribution in [0.5, 0.6) is 0 Å². The number of aromatic amines is 1. The van der Waals surface area contributed by atoms with Crippen molar-refractivity contribution in [2.45, 2.75) is 31.1 Å². The first-order valence-corrected chi connectivity index (χ1v) is 10.2. The molecule has 1 unspecified atom stereocenters. The number of hydrogen-bond donors (Lipinski definition) is 1. The van der Waals surface area contributed by atoms with E-state index >= 15 is 0 Å². The van der Waals surface area contributed by atoms with Gasteiger partial charge in [0.15, 0.2) is 0 Å². The van der Waals surface area contributed by atoms with Crippen molar-refractivity contribution >= 4 is 11.8 Å². The van der Waals surface area contributed by atoms with E-state index < -0.39 is 0 Å². The predicted molar refractivity (Wildman–Crippen MR) is 114 cm³/mol.